The molecule has 6 heteroatoms. The number of hydrogen-bond acceptors (Lipinski definition) is 6. The molecule has 0 aromatic carbocycles. The minimum atomic E-state index is 0.828. The molecule has 0 bridgehead atoms. The molecule has 0 atom stereocenters. The number of morpholine rings is 1. The van der Waals surface area contributed by atoms with Gasteiger partial charge in [0.15, 0.2) is 0 Å². The number of piperidine rings is 1. The molecule has 1 aliphatic carbocycles. The maximum absolute atomic E-state index is 5.49. The second kappa shape index (κ2) is 7.41. The van der Waals surface area contributed by atoms with Crippen LogP contribution in [0.25, 0.3) is 10.2 Å². The highest BCUT2D eigenvalue weighted by Crippen LogP contribution is 2.40. The zero-order chi connectivity index (χ0) is 17.3. The molecule has 2 aromatic heterocycles. The van der Waals surface area contributed by atoms with Gasteiger partial charge in [-0.1, -0.05) is 0 Å². The third-order valence-corrected chi connectivity index (χ3v) is 7.15. The van der Waals surface area contributed by atoms with Gasteiger partial charge in [0.05, 0.1) is 25.1 Å². The van der Waals surface area contributed by atoms with Crippen molar-refractivity contribution < 1.29 is 4.74 Å². The fraction of sp³-hybridized carbons (Fsp3) is 0.700. The topological polar surface area (TPSA) is 41.5 Å². The smallest absolute Gasteiger partial charge is 0.146 e. The summed E-state index contributed by atoms with van der Waals surface area (Å²) in [5.41, 5.74) is 1.56. The van der Waals surface area contributed by atoms with E-state index in [0.29, 0.717) is 0 Å². The summed E-state index contributed by atoms with van der Waals surface area (Å²) >= 11 is 1.93. The Balaban J connectivity index is 1.56. The van der Waals surface area contributed by atoms with Crippen molar-refractivity contribution in [2.45, 2.75) is 51.5 Å². The Bertz CT molecular complexity index is 778. The first-order chi connectivity index (χ1) is 12.9. The van der Waals surface area contributed by atoms with Crippen LogP contribution >= 0.6 is 11.3 Å². The second-order valence-electron chi connectivity index (χ2n) is 7.79. The van der Waals surface area contributed by atoms with Crippen LogP contribution < -0.4 is 4.90 Å². The summed E-state index contributed by atoms with van der Waals surface area (Å²) in [6.07, 6.45) is 9.01. The number of anilines is 1. The number of rotatable bonds is 3. The summed E-state index contributed by atoms with van der Waals surface area (Å²) in [5.74, 6) is 2.23. The SMILES string of the molecule is C1CCN(c2nc(CN3CCOCC3)nc3sc4c(c23)CCCC4)CC1. The Hall–Kier alpha value is -1.24. The van der Waals surface area contributed by atoms with E-state index in [1.807, 2.05) is 11.3 Å². The molecule has 140 valence electrons. The van der Waals surface area contributed by atoms with Crippen molar-refractivity contribution in [3.05, 3.63) is 16.3 Å². The van der Waals surface area contributed by atoms with E-state index in [2.05, 4.69) is 9.80 Å². The molecule has 0 saturated carbocycles. The summed E-state index contributed by atoms with van der Waals surface area (Å²) in [6.45, 7) is 6.77. The number of aromatic nitrogens is 2. The van der Waals surface area contributed by atoms with Crippen molar-refractivity contribution in [2.24, 2.45) is 0 Å². The Labute approximate surface area is 159 Å². The highest BCUT2D eigenvalue weighted by molar-refractivity contribution is 7.19. The van der Waals surface area contributed by atoms with Gasteiger partial charge in [-0.25, -0.2) is 9.97 Å². The zero-order valence-corrected chi connectivity index (χ0v) is 16.3. The monoisotopic (exact) mass is 372 g/mol. The lowest BCUT2D eigenvalue weighted by Crippen LogP contribution is -2.36. The first-order valence-corrected chi connectivity index (χ1v) is 11.1. The number of ether oxygens (including phenoxy) is 1. The molecule has 0 radical (unpaired) electrons. The molecule has 0 unspecified atom stereocenters. The van der Waals surface area contributed by atoms with Crippen LogP contribution in [0.15, 0.2) is 0 Å². The minimum absolute atomic E-state index is 0.828. The molecular weight excluding hydrogens is 344 g/mol. The van der Waals surface area contributed by atoms with Gasteiger partial charge in [-0.2, -0.15) is 0 Å². The molecular formula is C20H28N4OS. The van der Waals surface area contributed by atoms with E-state index in [0.717, 1.165) is 51.8 Å². The normalized spacial score (nSPS) is 21.9. The van der Waals surface area contributed by atoms with E-state index in [9.17, 15) is 0 Å². The fourth-order valence-corrected chi connectivity index (χ4v) is 5.82. The van der Waals surface area contributed by atoms with E-state index in [1.165, 1.54) is 61.0 Å². The van der Waals surface area contributed by atoms with Gasteiger partial charge in [-0.15, -0.1) is 11.3 Å². The van der Waals surface area contributed by atoms with E-state index in [4.69, 9.17) is 14.7 Å². The van der Waals surface area contributed by atoms with Gasteiger partial charge in [0.2, 0.25) is 0 Å². The van der Waals surface area contributed by atoms with Gasteiger partial charge < -0.3 is 9.64 Å². The summed E-state index contributed by atoms with van der Waals surface area (Å²) in [6, 6.07) is 0. The first-order valence-electron chi connectivity index (χ1n) is 10.2. The maximum atomic E-state index is 5.49. The van der Waals surface area contributed by atoms with E-state index >= 15 is 0 Å². The average Bonchev–Trinajstić information content (AvgIpc) is 3.07. The molecule has 0 spiro atoms. The van der Waals surface area contributed by atoms with Gasteiger partial charge in [0, 0.05) is 31.1 Å². The average molecular weight is 373 g/mol. The largest absolute Gasteiger partial charge is 0.379 e. The van der Waals surface area contributed by atoms with Gasteiger partial charge in [-0.3, -0.25) is 4.90 Å². The molecule has 2 saturated heterocycles. The highest BCUT2D eigenvalue weighted by atomic mass is 32.1. The minimum Gasteiger partial charge on any atom is -0.379 e. The standard InChI is InChI=1S/C20H28N4OS/c1-4-8-24(9-5-1)19-18-15-6-2-3-7-16(15)26-20(18)22-17(21-19)14-23-10-12-25-13-11-23/h1-14H2. The summed E-state index contributed by atoms with van der Waals surface area (Å²) in [4.78, 5) is 17.9. The summed E-state index contributed by atoms with van der Waals surface area (Å²) in [5, 5.41) is 1.39. The fourth-order valence-electron chi connectivity index (χ4n) is 4.55. The van der Waals surface area contributed by atoms with Crippen molar-refractivity contribution in [1.82, 2.24) is 14.9 Å². The maximum Gasteiger partial charge on any atom is 0.146 e. The van der Waals surface area contributed by atoms with Crippen molar-refractivity contribution in [2.75, 3.05) is 44.3 Å². The third kappa shape index (κ3) is 3.23. The Morgan fingerprint density at radius 1 is 0.885 bits per heavy atom. The van der Waals surface area contributed by atoms with Gasteiger partial charge in [-0.05, 0) is 50.5 Å². The van der Waals surface area contributed by atoms with Crippen molar-refractivity contribution in [1.29, 1.82) is 0 Å². The van der Waals surface area contributed by atoms with Crippen LogP contribution in [0, 0.1) is 0 Å². The third-order valence-electron chi connectivity index (χ3n) is 5.97. The molecule has 0 amide bonds. The predicted octanol–water partition coefficient (Wildman–Crippen LogP) is 3.39. The number of hydrogen-bond donors (Lipinski definition) is 0. The van der Waals surface area contributed by atoms with Crippen LogP contribution in [0.2, 0.25) is 0 Å². The van der Waals surface area contributed by atoms with Crippen LogP contribution in [0.5, 0.6) is 0 Å². The molecule has 2 aliphatic heterocycles. The van der Waals surface area contributed by atoms with Crippen molar-refractivity contribution in [3.8, 4) is 0 Å². The van der Waals surface area contributed by atoms with Crippen LogP contribution in [-0.2, 0) is 24.1 Å². The van der Waals surface area contributed by atoms with Gasteiger partial charge in [0.25, 0.3) is 0 Å². The second-order valence-corrected chi connectivity index (χ2v) is 8.87. The van der Waals surface area contributed by atoms with E-state index in [1.54, 1.807) is 10.4 Å². The molecule has 26 heavy (non-hydrogen) atoms. The van der Waals surface area contributed by atoms with Crippen LogP contribution in [0.3, 0.4) is 0 Å². The lowest BCUT2D eigenvalue weighted by molar-refractivity contribution is 0.0331. The number of thiophene rings is 1. The molecule has 4 heterocycles. The van der Waals surface area contributed by atoms with Gasteiger partial charge in [0.1, 0.15) is 16.5 Å². The lowest BCUT2D eigenvalue weighted by atomic mass is 9.96. The van der Waals surface area contributed by atoms with Crippen molar-refractivity contribution >= 4 is 27.4 Å². The van der Waals surface area contributed by atoms with Crippen molar-refractivity contribution in [3.63, 3.8) is 0 Å². The predicted molar refractivity (Wildman–Crippen MR) is 106 cm³/mol. The van der Waals surface area contributed by atoms with E-state index in [-0.39, 0.29) is 0 Å². The first kappa shape index (κ1) is 16.9. The summed E-state index contributed by atoms with van der Waals surface area (Å²) < 4.78 is 5.49. The Morgan fingerprint density at radius 3 is 2.54 bits per heavy atom. The number of nitrogens with zero attached hydrogens (tertiary/aromatic N) is 4. The highest BCUT2D eigenvalue weighted by Gasteiger charge is 2.25. The number of aryl methyl sites for hydroxylation is 2. The van der Waals surface area contributed by atoms with Crippen LogP contribution in [0.4, 0.5) is 5.82 Å². The molecule has 5 rings (SSSR count). The van der Waals surface area contributed by atoms with Crippen LogP contribution in [0.1, 0.15) is 48.4 Å². The molecule has 5 nitrogen and oxygen atoms in total. The summed E-state index contributed by atoms with van der Waals surface area (Å²) in [7, 11) is 0. The Morgan fingerprint density at radius 2 is 1.69 bits per heavy atom. The molecule has 2 aromatic rings. The molecule has 2 fully saturated rings. The Kier molecular flexibility index (Phi) is 4.82. The van der Waals surface area contributed by atoms with Crippen LogP contribution in [-0.4, -0.2) is 54.3 Å². The quantitative estimate of drug-likeness (QED) is 0.826. The van der Waals surface area contributed by atoms with E-state index < -0.39 is 0 Å². The van der Waals surface area contributed by atoms with Gasteiger partial charge >= 0.3 is 0 Å². The number of fused-ring (bicyclic) bond motifs is 3. The molecule has 3 aliphatic rings. The lowest BCUT2D eigenvalue weighted by Gasteiger charge is -2.30. The molecule has 0 N–H and O–H groups in total. The zero-order valence-electron chi connectivity index (χ0n) is 15.5.